The number of nitrogens with zero attached hydrogens (tertiary/aromatic N) is 4. The molecule has 2 aromatic heterocycles. The Balaban J connectivity index is 1.04. The van der Waals surface area contributed by atoms with Gasteiger partial charge in [-0.1, -0.05) is 30.3 Å². The molecule has 4 heterocycles. The summed E-state index contributed by atoms with van der Waals surface area (Å²) in [5.41, 5.74) is 2.33. The number of hydrogen-bond acceptors (Lipinski definition) is 7. The molecule has 6 rings (SSSR count). The summed E-state index contributed by atoms with van der Waals surface area (Å²) in [5, 5.41) is 5.58. The molecule has 0 aliphatic carbocycles. The Labute approximate surface area is 263 Å². The van der Waals surface area contributed by atoms with Gasteiger partial charge in [-0.3, -0.25) is 19.4 Å². The number of aromatic amines is 1. The van der Waals surface area contributed by atoms with Crippen LogP contribution in [0.15, 0.2) is 65.5 Å². The third-order valence-electron chi connectivity index (χ3n) is 8.51. The maximum Gasteiger partial charge on any atom is 0.410 e. The minimum atomic E-state index is -0.466. The second kappa shape index (κ2) is 13.0. The molecule has 2 aliphatic rings. The smallest absolute Gasteiger partial charge is 0.410 e. The molecule has 1 atom stereocenters. The molecule has 4 aromatic rings. The highest BCUT2D eigenvalue weighted by Gasteiger charge is 2.30. The summed E-state index contributed by atoms with van der Waals surface area (Å²) in [6, 6.07) is 19.3. The number of piperidine rings is 1. The van der Waals surface area contributed by atoms with Crippen molar-refractivity contribution < 1.29 is 19.0 Å². The number of pyridine rings is 1. The summed E-state index contributed by atoms with van der Waals surface area (Å²) >= 11 is 0. The van der Waals surface area contributed by atoms with Crippen molar-refractivity contribution in [3.63, 3.8) is 0 Å². The van der Waals surface area contributed by atoms with Crippen molar-refractivity contribution in [1.29, 1.82) is 0 Å². The van der Waals surface area contributed by atoms with Crippen molar-refractivity contribution in [2.24, 2.45) is 13.0 Å². The molecular weight excluding hydrogens is 570 g/mol. The number of ether oxygens (including phenoxy) is 3. The average molecular weight is 614 g/mol. The highest BCUT2D eigenvalue weighted by Crippen LogP contribution is 2.31. The van der Waals surface area contributed by atoms with Gasteiger partial charge in [-0.2, -0.15) is 5.10 Å². The van der Waals surface area contributed by atoms with Crippen LogP contribution in [0.4, 0.5) is 4.79 Å². The lowest BCUT2D eigenvalue weighted by Crippen LogP contribution is -2.43. The third kappa shape index (κ3) is 7.50. The van der Waals surface area contributed by atoms with Crippen LogP contribution in [0.5, 0.6) is 11.6 Å². The quantitative estimate of drug-likeness (QED) is 0.276. The van der Waals surface area contributed by atoms with Gasteiger partial charge in [0, 0.05) is 51.2 Å². The fourth-order valence-corrected chi connectivity index (χ4v) is 6.21. The van der Waals surface area contributed by atoms with Crippen LogP contribution in [0.2, 0.25) is 0 Å². The van der Waals surface area contributed by atoms with Gasteiger partial charge in [-0.25, -0.2) is 4.79 Å². The number of benzene rings is 2. The molecule has 2 aliphatic heterocycles. The van der Waals surface area contributed by atoms with Crippen molar-refractivity contribution >= 4 is 17.0 Å². The molecule has 0 unspecified atom stereocenters. The van der Waals surface area contributed by atoms with Crippen LogP contribution < -0.4 is 15.0 Å². The van der Waals surface area contributed by atoms with Gasteiger partial charge < -0.3 is 19.1 Å². The second-order valence-electron chi connectivity index (χ2n) is 13.2. The number of amides is 1. The second-order valence-corrected chi connectivity index (χ2v) is 13.2. The van der Waals surface area contributed by atoms with E-state index in [2.05, 4.69) is 15.0 Å². The van der Waals surface area contributed by atoms with Gasteiger partial charge in [-0.05, 0) is 75.8 Å². The first-order valence-electron chi connectivity index (χ1n) is 15.9. The number of aromatic nitrogens is 3. The van der Waals surface area contributed by atoms with E-state index in [1.54, 1.807) is 16.8 Å². The van der Waals surface area contributed by atoms with Crippen LogP contribution in [-0.4, -0.2) is 75.1 Å². The minimum Gasteiger partial charge on any atom is -0.489 e. The van der Waals surface area contributed by atoms with Gasteiger partial charge in [0.25, 0.3) is 5.56 Å². The first-order valence-corrected chi connectivity index (χ1v) is 15.9. The van der Waals surface area contributed by atoms with E-state index in [1.807, 2.05) is 81.2 Å². The van der Waals surface area contributed by atoms with Crippen molar-refractivity contribution in [1.82, 2.24) is 24.6 Å². The normalized spacial score (nSPS) is 18.0. The topological polar surface area (TPSA) is 102 Å². The van der Waals surface area contributed by atoms with E-state index in [4.69, 9.17) is 14.2 Å². The Morgan fingerprint density at radius 3 is 2.51 bits per heavy atom. The first kappa shape index (κ1) is 30.7. The lowest BCUT2D eigenvalue weighted by atomic mass is 9.96. The van der Waals surface area contributed by atoms with Gasteiger partial charge in [0.2, 0.25) is 0 Å². The Morgan fingerprint density at radius 1 is 1.00 bits per heavy atom. The van der Waals surface area contributed by atoms with Crippen LogP contribution in [0.3, 0.4) is 0 Å². The molecule has 2 saturated heterocycles. The Bertz CT molecular complexity index is 1680. The fraction of sp³-hybridized carbons (Fsp3) is 0.457. The predicted molar refractivity (Wildman–Crippen MR) is 174 cm³/mol. The molecule has 2 aromatic carbocycles. The maximum absolute atomic E-state index is 13.0. The molecule has 0 radical (unpaired) electrons. The third-order valence-corrected chi connectivity index (χ3v) is 8.51. The van der Waals surface area contributed by atoms with Crippen molar-refractivity contribution in [3.8, 4) is 22.9 Å². The predicted octanol–water partition coefficient (Wildman–Crippen LogP) is 5.61. The van der Waals surface area contributed by atoms with Crippen molar-refractivity contribution in [2.45, 2.75) is 58.3 Å². The van der Waals surface area contributed by atoms with Crippen molar-refractivity contribution in [2.75, 3.05) is 32.7 Å². The standard InChI is InChI=1S/C35H43N5O5/c1-35(2,3)45-34(42)40-18-14-24(15-19-40)21-39-17-16-27(22-39)44-26-10-11-28-30(20-26)38(4)37-32(28)29-12-13-31(36-33(29)41)43-23-25-8-6-5-7-9-25/h5-13,20,24,27H,14-19,21-23H2,1-4H3,(H,36,41)/t27-/m1/s1. The van der Waals surface area contributed by atoms with Gasteiger partial charge in [-0.15, -0.1) is 0 Å². The summed E-state index contributed by atoms with van der Waals surface area (Å²) in [6.07, 6.45) is 2.87. The maximum atomic E-state index is 13.0. The zero-order chi connectivity index (χ0) is 31.6. The summed E-state index contributed by atoms with van der Waals surface area (Å²) in [4.78, 5) is 32.6. The first-order chi connectivity index (χ1) is 21.6. The molecule has 0 spiro atoms. The molecule has 2 fully saturated rings. The number of likely N-dealkylation sites (tertiary alicyclic amines) is 2. The van der Waals surface area contributed by atoms with E-state index < -0.39 is 5.60 Å². The van der Waals surface area contributed by atoms with E-state index in [1.165, 1.54) is 0 Å². The number of H-pyrrole nitrogens is 1. The zero-order valence-electron chi connectivity index (χ0n) is 26.6. The number of aryl methyl sites for hydroxylation is 1. The summed E-state index contributed by atoms with van der Waals surface area (Å²) in [6.45, 7) is 10.5. The number of hydrogen-bond donors (Lipinski definition) is 1. The Hall–Kier alpha value is -4.31. The van der Waals surface area contributed by atoms with Crippen molar-refractivity contribution in [3.05, 3.63) is 76.6 Å². The van der Waals surface area contributed by atoms with E-state index >= 15 is 0 Å². The van der Waals surface area contributed by atoms with Crippen LogP contribution >= 0.6 is 0 Å². The Kier molecular flexibility index (Phi) is 8.85. The lowest BCUT2D eigenvalue weighted by molar-refractivity contribution is 0.0172. The largest absolute Gasteiger partial charge is 0.489 e. The molecule has 10 heteroatoms. The fourth-order valence-electron chi connectivity index (χ4n) is 6.21. The van der Waals surface area contributed by atoms with E-state index in [0.717, 1.165) is 74.2 Å². The highest BCUT2D eigenvalue weighted by atomic mass is 16.6. The Morgan fingerprint density at radius 2 is 1.78 bits per heavy atom. The number of carbonyl (C=O) groups excluding carboxylic acids is 1. The molecule has 0 bridgehead atoms. The number of fused-ring (bicyclic) bond motifs is 1. The average Bonchev–Trinajstić information content (AvgIpc) is 3.59. The van der Waals surface area contributed by atoms with Gasteiger partial charge >= 0.3 is 6.09 Å². The number of rotatable bonds is 8. The summed E-state index contributed by atoms with van der Waals surface area (Å²) in [5.74, 6) is 1.79. The zero-order valence-corrected chi connectivity index (χ0v) is 26.6. The van der Waals surface area contributed by atoms with E-state index in [-0.39, 0.29) is 17.8 Å². The molecule has 45 heavy (non-hydrogen) atoms. The van der Waals surface area contributed by atoms with Gasteiger partial charge in [0.05, 0.1) is 11.1 Å². The monoisotopic (exact) mass is 613 g/mol. The van der Waals surface area contributed by atoms with Crippen LogP contribution in [-0.2, 0) is 18.4 Å². The van der Waals surface area contributed by atoms with Crippen LogP contribution in [0, 0.1) is 5.92 Å². The minimum absolute atomic E-state index is 0.114. The molecule has 1 amide bonds. The summed E-state index contributed by atoms with van der Waals surface area (Å²) in [7, 11) is 1.88. The van der Waals surface area contributed by atoms with Gasteiger partial charge in [0.15, 0.2) is 5.88 Å². The molecular formula is C35H43N5O5. The van der Waals surface area contributed by atoms with Gasteiger partial charge in [0.1, 0.15) is 29.8 Å². The summed E-state index contributed by atoms with van der Waals surface area (Å²) < 4.78 is 19.6. The van der Waals surface area contributed by atoms with Crippen LogP contribution in [0.1, 0.15) is 45.6 Å². The number of nitrogens with one attached hydrogen (secondary N) is 1. The molecule has 1 N–H and O–H groups in total. The van der Waals surface area contributed by atoms with Crippen LogP contribution in [0.25, 0.3) is 22.2 Å². The van der Waals surface area contributed by atoms with E-state index in [0.29, 0.717) is 29.7 Å². The number of carbonyl (C=O) groups is 1. The lowest BCUT2D eigenvalue weighted by Gasteiger charge is -2.34. The molecule has 238 valence electrons. The SMILES string of the molecule is Cn1nc(-c2ccc(OCc3ccccc3)[nH]c2=O)c2ccc(O[C@@H]3CCN(CC4CCN(C(=O)OC(C)(C)C)CC4)C3)cc21. The molecule has 0 saturated carbocycles. The highest BCUT2D eigenvalue weighted by molar-refractivity contribution is 5.93. The van der Waals surface area contributed by atoms with E-state index in [9.17, 15) is 9.59 Å². The molecule has 10 nitrogen and oxygen atoms in total.